The molecule has 0 bridgehead atoms. The van der Waals surface area contributed by atoms with Crippen molar-refractivity contribution in [3.63, 3.8) is 0 Å². The summed E-state index contributed by atoms with van der Waals surface area (Å²) in [5.74, 6) is 0.732. The van der Waals surface area contributed by atoms with E-state index in [1.54, 1.807) is 6.92 Å². The number of nitrogens with zero attached hydrogens (tertiary/aromatic N) is 3. The highest BCUT2D eigenvalue weighted by atomic mass is 32.2. The fourth-order valence-corrected chi connectivity index (χ4v) is 4.47. The molecule has 0 spiro atoms. The second-order valence-electron chi connectivity index (χ2n) is 7.12. The molecular weight excluding hydrogens is 348 g/mol. The molecule has 1 aromatic carbocycles. The van der Waals surface area contributed by atoms with Crippen LogP contribution in [0.1, 0.15) is 32.6 Å². The summed E-state index contributed by atoms with van der Waals surface area (Å²) >= 11 is 1.47. The van der Waals surface area contributed by atoms with Gasteiger partial charge in [0.05, 0.1) is 16.8 Å². The Morgan fingerprint density at radius 3 is 2.54 bits per heavy atom. The molecule has 1 saturated carbocycles. The van der Waals surface area contributed by atoms with Crippen molar-refractivity contribution in [2.75, 3.05) is 18.8 Å². The second kappa shape index (κ2) is 7.31. The van der Waals surface area contributed by atoms with Gasteiger partial charge in [-0.3, -0.25) is 9.59 Å². The number of imidazole rings is 1. The average Bonchev–Trinajstić information content (AvgIpc) is 3.38. The number of fused-ring (bicyclic) bond motifs is 1. The van der Waals surface area contributed by atoms with Crippen LogP contribution in [0.3, 0.4) is 0 Å². The number of thioether (sulfide) groups is 1. The summed E-state index contributed by atoms with van der Waals surface area (Å²) in [6.07, 6.45) is 3.98. The van der Waals surface area contributed by atoms with E-state index in [0.29, 0.717) is 11.8 Å². The number of rotatable bonds is 5. The third-order valence-electron chi connectivity index (χ3n) is 5.23. The quantitative estimate of drug-likeness (QED) is 0.819. The van der Waals surface area contributed by atoms with Gasteiger partial charge in [0.25, 0.3) is 0 Å². The van der Waals surface area contributed by atoms with Gasteiger partial charge in [-0.25, -0.2) is 4.98 Å². The average molecular weight is 372 g/mol. The van der Waals surface area contributed by atoms with Gasteiger partial charge < -0.3 is 14.8 Å². The monoisotopic (exact) mass is 372 g/mol. The van der Waals surface area contributed by atoms with Crippen LogP contribution in [0.4, 0.5) is 0 Å². The molecule has 0 unspecified atom stereocenters. The fraction of sp³-hybridized carbons (Fsp3) is 0.526. The van der Waals surface area contributed by atoms with E-state index in [1.165, 1.54) is 11.8 Å². The number of H-pyrrole nitrogens is 1. The third-order valence-corrected chi connectivity index (χ3v) is 6.09. The Balaban J connectivity index is 1.37. The Labute approximate surface area is 157 Å². The molecule has 1 aromatic heterocycles. The van der Waals surface area contributed by atoms with Crippen LogP contribution in [0, 0.1) is 0 Å². The number of carbonyl (C=O) groups excluding carboxylic acids is 2. The van der Waals surface area contributed by atoms with Crippen LogP contribution in [-0.2, 0) is 9.59 Å². The molecule has 2 heterocycles. The van der Waals surface area contributed by atoms with E-state index in [2.05, 4.69) is 14.9 Å². The number of piperidine rings is 1. The molecule has 4 rings (SSSR count). The normalized spacial score (nSPS) is 18.3. The van der Waals surface area contributed by atoms with Gasteiger partial charge in [-0.05, 0) is 37.8 Å². The number of hydrogen-bond acceptors (Lipinski definition) is 4. The number of nitrogens with one attached hydrogen (secondary N) is 1. The van der Waals surface area contributed by atoms with Crippen molar-refractivity contribution >= 4 is 34.6 Å². The van der Waals surface area contributed by atoms with Crippen molar-refractivity contribution in [3.8, 4) is 0 Å². The molecule has 6 nitrogen and oxygen atoms in total. The van der Waals surface area contributed by atoms with Crippen LogP contribution in [0.25, 0.3) is 11.0 Å². The number of para-hydroxylation sites is 2. The number of amides is 2. The molecule has 2 amide bonds. The highest BCUT2D eigenvalue weighted by Gasteiger charge is 2.38. The lowest BCUT2D eigenvalue weighted by molar-refractivity contribution is -0.134. The van der Waals surface area contributed by atoms with Gasteiger partial charge in [0.1, 0.15) is 0 Å². The first-order valence-corrected chi connectivity index (χ1v) is 10.2. The molecular formula is C19H24N4O2S. The number of carbonyl (C=O) groups is 2. The molecule has 1 aliphatic carbocycles. The molecule has 1 aliphatic heterocycles. The third kappa shape index (κ3) is 3.72. The summed E-state index contributed by atoms with van der Waals surface area (Å²) in [5, 5.41) is 0.793. The van der Waals surface area contributed by atoms with E-state index in [1.807, 2.05) is 29.2 Å². The Morgan fingerprint density at radius 2 is 1.88 bits per heavy atom. The minimum Gasteiger partial charge on any atom is -0.343 e. The lowest BCUT2D eigenvalue weighted by Crippen LogP contribution is -2.49. The summed E-state index contributed by atoms with van der Waals surface area (Å²) in [5.41, 5.74) is 1.93. The maximum Gasteiger partial charge on any atom is 0.233 e. The second-order valence-corrected chi connectivity index (χ2v) is 8.08. The maximum atomic E-state index is 12.9. The number of aromatic amines is 1. The molecule has 2 aromatic rings. The van der Waals surface area contributed by atoms with Gasteiger partial charge in [0.2, 0.25) is 11.8 Å². The highest BCUT2D eigenvalue weighted by molar-refractivity contribution is 7.99. The zero-order valence-electron chi connectivity index (χ0n) is 15.0. The van der Waals surface area contributed by atoms with E-state index in [0.717, 1.165) is 55.0 Å². The largest absolute Gasteiger partial charge is 0.343 e. The lowest BCUT2D eigenvalue weighted by atomic mass is 10.0. The first kappa shape index (κ1) is 17.4. The zero-order chi connectivity index (χ0) is 18.1. The minimum atomic E-state index is 0.133. The van der Waals surface area contributed by atoms with Crippen LogP contribution < -0.4 is 0 Å². The summed E-state index contributed by atoms with van der Waals surface area (Å²) < 4.78 is 0. The van der Waals surface area contributed by atoms with Gasteiger partial charge in [-0.2, -0.15) is 0 Å². The van der Waals surface area contributed by atoms with Gasteiger partial charge in [-0.1, -0.05) is 23.9 Å². The van der Waals surface area contributed by atoms with E-state index in [9.17, 15) is 9.59 Å². The summed E-state index contributed by atoms with van der Waals surface area (Å²) in [4.78, 5) is 36.2. The van der Waals surface area contributed by atoms with E-state index in [4.69, 9.17) is 0 Å². The van der Waals surface area contributed by atoms with Crippen molar-refractivity contribution in [1.82, 2.24) is 19.8 Å². The summed E-state index contributed by atoms with van der Waals surface area (Å²) in [7, 11) is 0. The molecule has 0 radical (unpaired) electrons. The Kier molecular flexibility index (Phi) is 4.89. The number of aromatic nitrogens is 2. The first-order valence-electron chi connectivity index (χ1n) is 9.26. The Hall–Kier alpha value is -2.02. The van der Waals surface area contributed by atoms with Crippen LogP contribution in [-0.4, -0.2) is 62.5 Å². The van der Waals surface area contributed by atoms with E-state index < -0.39 is 0 Å². The number of likely N-dealkylation sites (tertiary alicyclic amines) is 1. The van der Waals surface area contributed by atoms with Crippen LogP contribution in [0.5, 0.6) is 0 Å². The van der Waals surface area contributed by atoms with Crippen molar-refractivity contribution in [3.05, 3.63) is 24.3 Å². The SMILES string of the molecule is CC(=O)N1CCC(N(C(=O)CSc2nc3ccccc3[nH]2)C2CC2)CC1. The van der Waals surface area contributed by atoms with Gasteiger partial charge in [-0.15, -0.1) is 0 Å². The number of hydrogen-bond donors (Lipinski definition) is 1. The Bertz CT molecular complexity index is 776. The van der Waals surface area contributed by atoms with Crippen LogP contribution >= 0.6 is 11.8 Å². The van der Waals surface area contributed by atoms with E-state index in [-0.39, 0.29) is 17.9 Å². The first-order chi connectivity index (χ1) is 12.6. The van der Waals surface area contributed by atoms with Crippen molar-refractivity contribution in [2.45, 2.75) is 49.8 Å². The molecule has 1 N–H and O–H groups in total. The van der Waals surface area contributed by atoms with Gasteiger partial charge in [0.15, 0.2) is 5.16 Å². The van der Waals surface area contributed by atoms with E-state index >= 15 is 0 Å². The van der Waals surface area contributed by atoms with Crippen LogP contribution in [0.2, 0.25) is 0 Å². The predicted molar refractivity (Wildman–Crippen MR) is 102 cm³/mol. The van der Waals surface area contributed by atoms with Crippen molar-refractivity contribution < 1.29 is 9.59 Å². The maximum absolute atomic E-state index is 12.9. The summed E-state index contributed by atoms with van der Waals surface area (Å²) in [6.45, 7) is 3.13. The molecule has 0 atom stereocenters. The van der Waals surface area contributed by atoms with Crippen molar-refractivity contribution in [1.29, 1.82) is 0 Å². The lowest BCUT2D eigenvalue weighted by Gasteiger charge is -2.38. The standard InChI is InChI=1S/C19H24N4O2S/c1-13(24)22-10-8-15(9-11-22)23(14-6-7-14)18(25)12-26-19-20-16-4-2-3-5-17(16)21-19/h2-5,14-15H,6-12H2,1H3,(H,20,21). The smallest absolute Gasteiger partial charge is 0.233 e. The molecule has 2 fully saturated rings. The Morgan fingerprint density at radius 1 is 1.19 bits per heavy atom. The number of benzene rings is 1. The highest BCUT2D eigenvalue weighted by Crippen LogP contribution is 2.33. The molecule has 138 valence electrons. The predicted octanol–water partition coefficient (Wildman–Crippen LogP) is 2.66. The fourth-order valence-electron chi connectivity index (χ4n) is 3.72. The van der Waals surface area contributed by atoms with Gasteiger partial charge >= 0.3 is 0 Å². The minimum absolute atomic E-state index is 0.133. The topological polar surface area (TPSA) is 69.3 Å². The zero-order valence-corrected chi connectivity index (χ0v) is 15.8. The molecule has 1 saturated heterocycles. The van der Waals surface area contributed by atoms with Crippen molar-refractivity contribution in [2.24, 2.45) is 0 Å². The molecule has 2 aliphatic rings. The van der Waals surface area contributed by atoms with Gasteiger partial charge in [0, 0.05) is 32.1 Å². The molecule has 26 heavy (non-hydrogen) atoms. The molecule has 7 heteroatoms. The summed E-state index contributed by atoms with van der Waals surface area (Å²) in [6, 6.07) is 8.56. The van der Waals surface area contributed by atoms with Crippen LogP contribution in [0.15, 0.2) is 29.4 Å².